The number of ketones is 1. The maximum absolute atomic E-state index is 13.4. The van der Waals surface area contributed by atoms with Gasteiger partial charge in [0, 0.05) is 28.2 Å². The molecule has 0 aliphatic carbocycles. The number of aromatic nitrogens is 1. The van der Waals surface area contributed by atoms with Gasteiger partial charge in [0.1, 0.15) is 5.82 Å². The van der Waals surface area contributed by atoms with Gasteiger partial charge in [-0.3, -0.25) is 4.79 Å². The van der Waals surface area contributed by atoms with Crippen molar-refractivity contribution in [2.24, 2.45) is 0 Å². The number of halogens is 1. The molecule has 1 N–H and O–H groups in total. The molecule has 0 unspecified atom stereocenters. The Kier molecular flexibility index (Phi) is 2.90. The zero-order chi connectivity index (χ0) is 14.3. The Hall–Kier alpha value is -2.42. The van der Waals surface area contributed by atoms with Crippen LogP contribution in [0.1, 0.15) is 27.0 Å². The molecule has 2 aromatic carbocycles. The Morgan fingerprint density at radius 1 is 1.05 bits per heavy atom. The molecule has 0 bridgehead atoms. The average molecular weight is 267 g/mol. The fourth-order valence-corrected chi connectivity index (χ4v) is 2.41. The minimum Gasteiger partial charge on any atom is -0.360 e. The van der Waals surface area contributed by atoms with Crippen molar-refractivity contribution in [1.82, 2.24) is 4.98 Å². The summed E-state index contributed by atoms with van der Waals surface area (Å²) >= 11 is 0. The van der Waals surface area contributed by atoms with Gasteiger partial charge < -0.3 is 4.98 Å². The van der Waals surface area contributed by atoms with Crippen molar-refractivity contribution in [2.75, 3.05) is 0 Å². The van der Waals surface area contributed by atoms with E-state index in [1.807, 2.05) is 32.0 Å². The Morgan fingerprint density at radius 2 is 1.85 bits per heavy atom. The summed E-state index contributed by atoms with van der Waals surface area (Å²) in [6.45, 7) is 3.81. The number of fused-ring (bicyclic) bond motifs is 1. The van der Waals surface area contributed by atoms with Gasteiger partial charge in [0.25, 0.3) is 0 Å². The Labute approximate surface area is 116 Å². The highest BCUT2D eigenvalue weighted by Gasteiger charge is 2.16. The van der Waals surface area contributed by atoms with Gasteiger partial charge in [-0.05, 0) is 43.2 Å². The van der Waals surface area contributed by atoms with E-state index in [-0.39, 0.29) is 5.78 Å². The van der Waals surface area contributed by atoms with E-state index < -0.39 is 5.82 Å². The molecule has 1 heterocycles. The lowest BCUT2D eigenvalue weighted by molar-refractivity contribution is 0.103. The summed E-state index contributed by atoms with van der Waals surface area (Å²) in [4.78, 5) is 15.7. The summed E-state index contributed by atoms with van der Waals surface area (Å²) in [6, 6.07) is 10.2. The number of hydrogen-bond donors (Lipinski definition) is 1. The zero-order valence-corrected chi connectivity index (χ0v) is 11.3. The van der Waals surface area contributed by atoms with Crippen LogP contribution in [0.5, 0.6) is 0 Å². The molecule has 0 saturated heterocycles. The van der Waals surface area contributed by atoms with Crippen molar-refractivity contribution in [1.29, 1.82) is 0 Å². The van der Waals surface area contributed by atoms with Crippen LogP contribution < -0.4 is 0 Å². The summed E-state index contributed by atoms with van der Waals surface area (Å²) in [5.74, 6) is -0.549. The van der Waals surface area contributed by atoms with Crippen molar-refractivity contribution >= 4 is 16.7 Å². The fourth-order valence-electron chi connectivity index (χ4n) is 2.41. The lowest BCUT2D eigenvalue weighted by Gasteiger charge is -2.04. The van der Waals surface area contributed by atoms with Gasteiger partial charge in [-0.15, -0.1) is 0 Å². The second-order valence-corrected chi connectivity index (χ2v) is 5.04. The van der Waals surface area contributed by atoms with Crippen LogP contribution in [0.25, 0.3) is 10.9 Å². The quantitative estimate of drug-likeness (QED) is 0.695. The predicted molar refractivity (Wildman–Crippen MR) is 77.6 cm³/mol. The van der Waals surface area contributed by atoms with E-state index in [2.05, 4.69) is 4.98 Å². The molecular formula is C17H14FNO. The van der Waals surface area contributed by atoms with Gasteiger partial charge in [0.2, 0.25) is 0 Å². The fraction of sp³-hybridized carbons (Fsp3) is 0.118. The topological polar surface area (TPSA) is 32.9 Å². The molecule has 0 aliphatic rings. The van der Waals surface area contributed by atoms with Crippen LogP contribution >= 0.6 is 0 Å². The summed E-state index contributed by atoms with van der Waals surface area (Å²) in [7, 11) is 0. The van der Waals surface area contributed by atoms with Crippen molar-refractivity contribution < 1.29 is 9.18 Å². The molecule has 2 nitrogen and oxygen atoms in total. The SMILES string of the molecule is Cc1ccc2c(C(=O)c3cc(F)ccc3C)c[nH]c2c1. The van der Waals surface area contributed by atoms with Crippen LogP contribution in [-0.2, 0) is 0 Å². The molecular weight excluding hydrogens is 253 g/mol. The van der Waals surface area contributed by atoms with Crippen molar-refractivity contribution in [3.05, 3.63) is 70.7 Å². The second-order valence-electron chi connectivity index (χ2n) is 5.04. The summed E-state index contributed by atoms with van der Waals surface area (Å²) < 4.78 is 13.4. The van der Waals surface area contributed by atoms with E-state index in [0.29, 0.717) is 11.1 Å². The largest absolute Gasteiger partial charge is 0.360 e. The maximum Gasteiger partial charge on any atom is 0.195 e. The third-order valence-electron chi connectivity index (χ3n) is 3.53. The summed E-state index contributed by atoms with van der Waals surface area (Å²) in [6.07, 6.45) is 1.69. The monoisotopic (exact) mass is 267 g/mol. The molecule has 3 heteroatoms. The van der Waals surface area contributed by atoms with Crippen LogP contribution in [0, 0.1) is 19.7 Å². The first-order valence-electron chi connectivity index (χ1n) is 6.45. The summed E-state index contributed by atoms with van der Waals surface area (Å²) in [5.41, 5.74) is 3.81. The molecule has 3 rings (SSSR count). The van der Waals surface area contributed by atoms with E-state index in [1.54, 1.807) is 12.3 Å². The number of aromatic amines is 1. The van der Waals surface area contributed by atoms with E-state index >= 15 is 0 Å². The smallest absolute Gasteiger partial charge is 0.195 e. The zero-order valence-electron chi connectivity index (χ0n) is 11.3. The molecule has 20 heavy (non-hydrogen) atoms. The highest BCUT2D eigenvalue weighted by Crippen LogP contribution is 2.23. The first kappa shape index (κ1) is 12.6. The number of benzene rings is 2. The van der Waals surface area contributed by atoms with E-state index in [9.17, 15) is 9.18 Å². The molecule has 0 saturated carbocycles. The Bertz CT molecular complexity index is 817. The van der Waals surface area contributed by atoms with Crippen molar-refractivity contribution in [2.45, 2.75) is 13.8 Å². The van der Waals surface area contributed by atoms with Crippen LogP contribution in [0.15, 0.2) is 42.6 Å². The molecule has 0 fully saturated rings. The van der Waals surface area contributed by atoms with Crippen molar-refractivity contribution in [3.8, 4) is 0 Å². The highest BCUT2D eigenvalue weighted by molar-refractivity contribution is 6.16. The number of aryl methyl sites for hydroxylation is 2. The number of rotatable bonds is 2. The minimum atomic E-state index is -0.394. The number of carbonyl (C=O) groups is 1. The van der Waals surface area contributed by atoms with Gasteiger partial charge in [0.15, 0.2) is 5.78 Å². The predicted octanol–water partition coefficient (Wildman–Crippen LogP) is 4.15. The molecule has 0 radical (unpaired) electrons. The van der Waals surface area contributed by atoms with Crippen molar-refractivity contribution in [3.63, 3.8) is 0 Å². The maximum atomic E-state index is 13.4. The third-order valence-corrected chi connectivity index (χ3v) is 3.53. The van der Waals surface area contributed by atoms with Gasteiger partial charge in [-0.2, -0.15) is 0 Å². The van der Waals surface area contributed by atoms with Gasteiger partial charge in [-0.25, -0.2) is 4.39 Å². The van der Waals surface area contributed by atoms with Gasteiger partial charge in [0.05, 0.1) is 0 Å². The molecule has 100 valence electrons. The normalized spacial score (nSPS) is 10.9. The first-order valence-corrected chi connectivity index (χ1v) is 6.45. The standard InChI is InChI=1S/C17H14FNO/c1-10-3-6-13-15(9-19-16(13)7-10)17(20)14-8-12(18)5-4-11(14)2/h3-9,19H,1-2H3. The first-order chi connectivity index (χ1) is 9.56. The van der Waals surface area contributed by atoms with Crippen LogP contribution in [0.3, 0.4) is 0 Å². The lowest BCUT2D eigenvalue weighted by atomic mass is 9.98. The second kappa shape index (κ2) is 4.60. The van der Waals surface area contributed by atoms with Gasteiger partial charge in [-0.1, -0.05) is 18.2 Å². The van der Waals surface area contributed by atoms with Crippen LogP contribution in [-0.4, -0.2) is 10.8 Å². The minimum absolute atomic E-state index is 0.155. The van der Waals surface area contributed by atoms with E-state index in [4.69, 9.17) is 0 Å². The third kappa shape index (κ3) is 2.01. The highest BCUT2D eigenvalue weighted by atomic mass is 19.1. The molecule has 3 aromatic rings. The van der Waals surface area contributed by atoms with E-state index in [0.717, 1.165) is 22.0 Å². The van der Waals surface area contributed by atoms with Gasteiger partial charge >= 0.3 is 0 Å². The number of H-pyrrole nitrogens is 1. The number of nitrogens with one attached hydrogen (secondary N) is 1. The van der Waals surface area contributed by atoms with Crippen LogP contribution in [0.2, 0.25) is 0 Å². The molecule has 1 aromatic heterocycles. The molecule has 0 atom stereocenters. The molecule has 0 amide bonds. The number of carbonyl (C=O) groups excluding carboxylic acids is 1. The van der Waals surface area contributed by atoms with E-state index in [1.165, 1.54) is 12.1 Å². The Balaban J connectivity index is 2.15. The lowest BCUT2D eigenvalue weighted by Crippen LogP contribution is -2.03. The molecule has 0 spiro atoms. The summed E-state index contributed by atoms with van der Waals surface area (Å²) in [5, 5.41) is 0.865. The molecule has 0 aliphatic heterocycles. The average Bonchev–Trinajstić information content (AvgIpc) is 2.83. The Morgan fingerprint density at radius 3 is 2.65 bits per heavy atom. The van der Waals surface area contributed by atoms with Crippen LogP contribution in [0.4, 0.5) is 4.39 Å². The number of hydrogen-bond acceptors (Lipinski definition) is 1.